The second-order valence-electron chi connectivity index (χ2n) is 7.36. The molecule has 0 fully saturated rings. The molecule has 1 aromatic carbocycles. The normalized spacial score (nSPS) is 21.3. The Bertz CT molecular complexity index is 789. The molecule has 0 amide bonds. The summed E-state index contributed by atoms with van der Waals surface area (Å²) >= 11 is 0. The molecule has 0 bridgehead atoms. The van der Waals surface area contributed by atoms with Gasteiger partial charge in [0.05, 0.1) is 18.9 Å². The van der Waals surface area contributed by atoms with Crippen LogP contribution in [0.2, 0.25) is 0 Å². The molecule has 0 spiro atoms. The van der Waals surface area contributed by atoms with E-state index in [0.717, 1.165) is 19.1 Å². The largest absolute Gasteiger partial charge is 0.494 e. The molecule has 0 radical (unpaired) electrons. The van der Waals surface area contributed by atoms with Crippen molar-refractivity contribution in [2.75, 3.05) is 19.9 Å². The van der Waals surface area contributed by atoms with Crippen LogP contribution in [0.1, 0.15) is 52.1 Å². The number of sulfonamides is 1. The van der Waals surface area contributed by atoms with Crippen LogP contribution in [-0.4, -0.2) is 50.3 Å². The molecule has 152 valence electrons. The molecule has 0 saturated carbocycles. The average Bonchev–Trinajstić information content (AvgIpc) is 2.54. The van der Waals surface area contributed by atoms with Gasteiger partial charge in [-0.15, -0.1) is 0 Å². The van der Waals surface area contributed by atoms with E-state index in [0.29, 0.717) is 23.7 Å². The Kier molecular flexibility index (Phi) is 6.42. The van der Waals surface area contributed by atoms with Gasteiger partial charge in [0, 0.05) is 19.5 Å². The van der Waals surface area contributed by atoms with E-state index in [-0.39, 0.29) is 0 Å². The summed E-state index contributed by atoms with van der Waals surface area (Å²) in [7, 11) is -2.07. The first-order chi connectivity index (χ1) is 12.5. The second kappa shape index (κ2) is 8.06. The van der Waals surface area contributed by atoms with Crippen LogP contribution in [0.3, 0.4) is 0 Å². The topological polar surface area (TPSA) is 82.1 Å². The number of hydrogen-bond acceptors (Lipinski definition) is 6. The van der Waals surface area contributed by atoms with E-state index in [4.69, 9.17) is 14.2 Å². The van der Waals surface area contributed by atoms with Crippen LogP contribution < -0.4 is 9.47 Å². The van der Waals surface area contributed by atoms with Crippen LogP contribution in [0.25, 0.3) is 0 Å². The van der Waals surface area contributed by atoms with Crippen LogP contribution in [0.4, 0.5) is 0 Å². The van der Waals surface area contributed by atoms with Crippen molar-refractivity contribution in [3.05, 3.63) is 23.8 Å². The molecule has 0 aromatic heterocycles. The maximum atomic E-state index is 12.3. The first-order valence-electron chi connectivity index (χ1n) is 9.03. The number of benzene rings is 1. The number of rotatable bonds is 7. The number of ether oxygens (including phenoxy) is 3. The van der Waals surface area contributed by atoms with Gasteiger partial charge in [0.2, 0.25) is 10.0 Å². The van der Waals surface area contributed by atoms with Gasteiger partial charge < -0.3 is 14.2 Å². The lowest BCUT2D eigenvalue weighted by Crippen LogP contribution is -2.55. The maximum absolute atomic E-state index is 12.3. The molecule has 1 aliphatic heterocycles. The Hall–Kier alpha value is -1.80. The van der Waals surface area contributed by atoms with Crippen LogP contribution in [0, 0.1) is 0 Å². The number of fused-ring (bicyclic) bond motifs is 1. The predicted molar refractivity (Wildman–Crippen MR) is 102 cm³/mol. The van der Waals surface area contributed by atoms with Gasteiger partial charge in [0.1, 0.15) is 17.1 Å². The van der Waals surface area contributed by atoms with Crippen molar-refractivity contribution in [1.29, 1.82) is 0 Å². The molecule has 0 aliphatic carbocycles. The molecule has 0 unspecified atom stereocenters. The highest BCUT2D eigenvalue weighted by atomic mass is 32.2. The molecular formula is C19H29NO6S. The zero-order valence-electron chi connectivity index (χ0n) is 16.8. The van der Waals surface area contributed by atoms with E-state index in [1.165, 1.54) is 18.3 Å². The number of carbonyl (C=O) groups is 1. The van der Waals surface area contributed by atoms with Gasteiger partial charge in [-0.2, -0.15) is 4.31 Å². The van der Waals surface area contributed by atoms with Crippen molar-refractivity contribution >= 4 is 16.0 Å². The minimum absolute atomic E-state index is 0.498. The average molecular weight is 400 g/mol. The van der Waals surface area contributed by atoms with Crippen molar-refractivity contribution in [2.24, 2.45) is 0 Å². The molecule has 1 aromatic rings. The summed E-state index contributed by atoms with van der Waals surface area (Å²) < 4.78 is 43.1. The zero-order chi connectivity index (χ0) is 20.4. The van der Waals surface area contributed by atoms with E-state index in [2.05, 4.69) is 6.92 Å². The van der Waals surface area contributed by atoms with E-state index >= 15 is 0 Å². The molecule has 7 nitrogen and oxygen atoms in total. The lowest BCUT2D eigenvalue weighted by molar-refractivity contribution is -0.165. The molecule has 8 heteroatoms. The van der Waals surface area contributed by atoms with Crippen molar-refractivity contribution in [2.45, 2.75) is 58.3 Å². The molecule has 1 aliphatic rings. The third-order valence-corrected chi connectivity index (χ3v) is 5.89. The lowest BCUT2D eigenvalue weighted by Gasteiger charge is -2.46. The van der Waals surface area contributed by atoms with Crippen LogP contribution >= 0.6 is 0 Å². The fourth-order valence-corrected chi connectivity index (χ4v) is 3.77. The van der Waals surface area contributed by atoms with Gasteiger partial charge in [-0.1, -0.05) is 13.3 Å². The summed E-state index contributed by atoms with van der Waals surface area (Å²) in [4.78, 5) is 11.7. The van der Waals surface area contributed by atoms with Crippen molar-refractivity contribution in [3.8, 4) is 11.5 Å². The monoisotopic (exact) mass is 399 g/mol. The number of carbonyl (C=O) groups excluding carboxylic acids is 1. The molecule has 0 saturated heterocycles. The minimum atomic E-state index is -3.55. The van der Waals surface area contributed by atoms with Crippen LogP contribution in [-0.2, 0) is 19.6 Å². The van der Waals surface area contributed by atoms with Crippen LogP contribution in [0.5, 0.6) is 11.5 Å². The molecule has 0 N–H and O–H groups in total. The SMILES string of the molecule is CCCCOc1ccc2c(c1)[C@@H](N(C)S(C)(=O)=O)[C@H](OC(C)=O)C(C)(C)O2. The Labute approximate surface area is 161 Å². The zero-order valence-corrected chi connectivity index (χ0v) is 17.6. The second-order valence-corrected chi connectivity index (χ2v) is 9.40. The Morgan fingerprint density at radius 2 is 2.00 bits per heavy atom. The predicted octanol–water partition coefficient (Wildman–Crippen LogP) is 2.90. The number of unbranched alkanes of at least 4 members (excludes halogenated alkanes) is 1. The van der Waals surface area contributed by atoms with Crippen molar-refractivity contribution in [3.63, 3.8) is 0 Å². The van der Waals surface area contributed by atoms with Crippen molar-refractivity contribution < 1.29 is 27.4 Å². The lowest BCUT2D eigenvalue weighted by atomic mass is 9.86. The highest BCUT2D eigenvalue weighted by Crippen LogP contribution is 2.45. The van der Waals surface area contributed by atoms with Crippen molar-refractivity contribution in [1.82, 2.24) is 4.31 Å². The first kappa shape index (κ1) is 21.5. The third kappa shape index (κ3) is 4.93. The summed E-state index contributed by atoms with van der Waals surface area (Å²) in [6.45, 7) is 7.50. The molecular weight excluding hydrogens is 370 g/mol. The van der Waals surface area contributed by atoms with Gasteiger partial charge in [0.15, 0.2) is 6.10 Å². The highest BCUT2D eigenvalue weighted by Gasteiger charge is 2.49. The van der Waals surface area contributed by atoms with E-state index in [1.807, 2.05) is 0 Å². The third-order valence-electron chi connectivity index (χ3n) is 4.62. The standard InChI is InChI=1S/C19H29NO6S/c1-7-8-11-24-14-9-10-16-15(12-14)17(20(5)27(6,22)23)18(25-13(2)21)19(3,4)26-16/h9-10,12,17-18H,7-8,11H2,1-6H3/t17-,18+/m1/s1. The Balaban J connectivity index is 2.54. The summed E-state index contributed by atoms with van der Waals surface area (Å²) in [5.41, 5.74) is -0.296. The summed E-state index contributed by atoms with van der Waals surface area (Å²) in [6, 6.07) is 4.61. The summed E-state index contributed by atoms with van der Waals surface area (Å²) in [5.74, 6) is 0.674. The van der Waals surface area contributed by atoms with Gasteiger partial charge in [-0.25, -0.2) is 8.42 Å². The number of esters is 1. The van der Waals surface area contributed by atoms with Gasteiger partial charge in [-0.3, -0.25) is 4.79 Å². The Morgan fingerprint density at radius 3 is 2.56 bits per heavy atom. The Morgan fingerprint density at radius 1 is 1.33 bits per heavy atom. The minimum Gasteiger partial charge on any atom is -0.494 e. The fraction of sp³-hybridized carbons (Fsp3) is 0.632. The molecule has 2 atom stereocenters. The quantitative estimate of drug-likeness (QED) is 0.518. The molecule has 2 rings (SSSR count). The van der Waals surface area contributed by atoms with Gasteiger partial charge in [-0.05, 0) is 38.5 Å². The highest BCUT2D eigenvalue weighted by molar-refractivity contribution is 7.88. The van der Waals surface area contributed by atoms with Gasteiger partial charge >= 0.3 is 5.97 Å². The number of hydrogen-bond donors (Lipinski definition) is 0. The first-order valence-corrected chi connectivity index (χ1v) is 10.9. The molecule has 1 heterocycles. The van der Waals surface area contributed by atoms with Crippen LogP contribution in [0.15, 0.2) is 18.2 Å². The number of likely N-dealkylation sites (N-methyl/N-ethyl adjacent to an activating group) is 1. The van der Waals surface area contributed by atoms with Gasteiger partial charge in [0.25, 0.3) is 0 Å². The van der Waals surface area contributed by atoms with E-state index in [9.17, 15) is 13.2 Å². The van der Waals surface area contributed by atoms with E-state index < -0.39 is 33.7 Å². The maximum Gasteiger partial charge on any atom is 0.303 e. The summed E-state index contributed by atoms with van der Waals surface area (Å²) in [6.07, 6.45) is 2.24. The summed E-state index contributed by atoms with van der Waals surface area (Å²) in [5, 5.41) is 0. The number of nitrogens with zero attached hydrogens (tertiary/aromatic N) is 1. The molecule has 27 heavy (non-hydrogen) atoms. The van der Waals surface area contributed by atoms with E-state index in [1.54, 1.807) is 32.0 Å². The smallest absolute Gasteiger partial charge is 0.303 e. The fourth-order valence-electron chi connectivity index (χ4n) is 3.14.